The standard InChI is InChI=1S/C38H52O4/c1-25(17-13-19-27(3)21-23-31-29(5)33(39)35(41)37(31,7)8)15-11-12-16-26(2)18-14-20-28(4)22-24-32-30(6)34(40)36(42)38(32,9)10/h11-24,33-36,39-42H,1-10H3/b12-11+,17-13+,18-14+,23-21+,24-22+,25-15+,26-16+,27-19+,28-20+. The maximum Gasteiger partial charge on any atom is 0.102 e. The van der Waals surface area contributed by atoms with Crippen LogP contribution in [0, 0.1) is 10.8 Å². The summed E-state index contributed by atoms with van der Waals surface area (Å²) in [7, 11) is 0. The molecule has 4 unspecified atom stereocenters. The number of aliphatic hydroxyl groups excluding tert-OH is 4. The van der Waals surface area contributed by atoms with Crippen LogP contribution in [0.25, 0.3) is 0 Å². The largest absolute Gasteiger partial charge is 0.389 e. The molecule has 0 aromatic rings. The topological polar surface area (TPSA) is 80.9 Å². The first-order valence-electron chi connectivity index (χ1n) is 14.7. The normalized spacial score (nSPS) is 28.0. The molecule has 2 aliphatic rings. The lowest BCUT2D eigenvalue weighted by molar-refractivity contribution is -0.000357. The monoisotopic (exact) mass is 572 g/mol. The molecule has 0 fully saturated rings. The third kappa shape index (κ3) is 8.75. The Bertz CT molecular complexity index is 1230. The number of hydrogen-bond acceptors (Lipinski definition) is 4. The quantitative estimate of drug-likeness (QED) is 0.202. The summed E-state index contributed by atoms with van der Waals surface area (Å²) in [6.45, 7) is 19.8. The zero-order valence-electron chi connectivity index (χ0n) is 27.2. The molecule has 0 amide bonds. The summed E-state index contributed by atoms with van der Waals surface area (Å²) in [6.07, 6.45) is 25.3. The first kappa shape index (κ1) is 35.2. The van der Waals surface area contributed by atoms with Crippen molar-refractivity contribution in [1.82, 2.24) is 0 Å². The average molecular weight is 573 g/mol. The van der Waals surface area contributed by atoms with Crippen molar-refractivity contribution in [2.45, 2.75) is 93.7 Å². The van der Waals surface area contributed by atoms with Gasteiger partial charge < -0.3 is 20.4 Å². The van der Waals surface area contributed by atoms with Crippen LogP contribution in [0.1, 0.15) is 69.2 Å². The van der Waals surface area contributed by atoms with Crippen molar-refractivity contribution >= 4 is 0 Å². The zero-order chi connectivity index (χ0) is 31.8. The van der Waals surface area contributed by atoms with Gasteiger partial charge in [0.15, 0.2) is 0 Å². The van der Waals surface area contributed by atoms with Gasteiger partial charge in [-0.2, -0.15) is 0 Å². The Morgan fingerprint density at radius 1 is 0.500 bits per heavy atom. The highest BCUT2D eigenvalue weighted by Crippen LogP contribution is 2.44. The molecule has 2 rings (SSSR count). The Hall–Kier alpha value is -3.02. The van der Waals surface area contributed by atoms with Gasteiger partial charge in [0.05, 0.1) is 12.2 Å². The van der Waals surface area contributed by atoms with Gasteiger partial charge in [0.2, 0.25) is 0 Å². The second kappa shape index (κ2) is 14.9. The second-order valence-corrected chi connectivity index (χ2v) is 12.8. The van der Waals surface area contributed by atoms with Gasteiger partial charge in [-0.3, -0.25) is 0 Å². The Balaban J connectivity index is 1.92. The van der Waals surface area contributed by atoms with E-state index in [4.69, 9.17) is 0 Å². The van der Waals surface area contributed by atoms with Gasteiger partial charge in [-0.1, -0.05) is 135 Å². The molecule has 228 valence electrons. The van der Waals surface area contributed by atoms with Crippen LogP contribution in [-0.4, -0.2) is 44.8 Å². The molecule has 0 aromatic carbocycles. The molecule has 0 aliphatic heterocycles. The molecule has 0 bridgehead atoms. The van der Waals surface area contributed by atoms with Crippen molar-refractivity contribution in [3.63, 3.8) is 0 Å². The molecule has 0 heterocycles. The van der Waals surface area contributed by atoms with E-state index in [2.05, 4.69) is 38.2 Å². The maximum atomic E-state index is 10.3. The van der Waals surface area contributed by atoms with Crippen molar-refractivity contribution in [1.29, 1.82) is 0 Å². The Morgan fingerprint density at radius 3 is 1.07 bits per heavy atom. The minimum atomic E-state index is -0.807. The van der Waals surface area contributed by atoms with E-state index in [0.29, 0.717) is 0 Å². The molecule has 0 radical (unpaired) electrons. The van der Waals surface area contributed by atoms with Crippen molar-refractivity contribution < 1.29 is 20.4 Å². The number of aliphatic hydroxyl groups is 4. The van der Waals surface area contributed by atoms with Crippen LogP contribution in [0.2, 0.25) is 0 Å². The lowest BCUT2D eigenvalue weighted by atomic mass is 9.82. The summed E-state index contributed by atoms with van der Waals surface area (Å²) in [5, 5.41) is 41.0. The molecule has 0 saturated carbocycles. The minimum absolute atomic E-state index is 0.473. The van der Waals surface area contributed by atoms with Crippen LogP contribution in [0.4, 0.5) is 0 Å². The summed E-state index contributed by atoms with van der Waals surface area (Å²) < 4.78 is 0. The Morgan fingerprint density at radius 2 is 0.786 bits per heavy atom. The van der Waals surface area contributed by atoms with Crippen LogP contribution >= 0.6 is 0 Å². The van der Waals surface area contributed by atoms with Crippen LogP contribution in [0.15, 0.2) is 130 Å². The van der Waals surface area contributed by atoms with Gasteiger partial charge in [-0.25, -0.2) is 0 Å². The van der Waals surface area contributed by atoms with E-state index < -0.39 is 35.2 Å². The van der Waals surface area contributed by atoms with Crippen LogP contribution in [0.3, 0.4) is 0 Å². The summed E-state index contributed by atoms with van der Waals surface area (Å²) in [6, 6.07) is 0. The molecule has 2 aliphatic carbocycles. The molecule has 42 heavy (non-hydrogen) atoms. The van der Waals surface area contributed by atoms with Gasteiger partial charge in [0.25, 0.3) is 0 Å². The van der Waals surface area contributed by atoms with E-state index in [9.17, 15) is 20.4 Å². The minimum Gasteiger partial charge on any atom is -0.389 e. The summed E-state index contributed by atoms with van der Waals surface area (Å²) >= 11 is 0. The first-order chi connectivity index (χ1) is 19.5. The summed E-state index contributed by atoms with van der Waals surface area (Å²) in [4.78, 5) is 0. The fourth-order valence-electron chi connectivity index (χ4n) is 5.38. The van der Waals surface area contributed by atoms with Gasteiger partial charge in [0, 0.05) is 10.8 Å². The lowest BCUT2D eigenvalue weighted by Crippen LogP contribution is -2.33. The third-order valence-corrected chi connectivity index (χ3v) is 8.49. The van der Waals surface area contributed by atoms with Crippen LogP contribution in [-0.2, 0) is 0 Å². The van der Waals surface area contributed by atoms with Gasteiger partial charge in [-0.15, -0.1) is 0 Å². The van der Waals surface area contributed by atoms with E-state index in [-0.39, 0.29) is 0 Å². The lowest BCUT2D eigenvalue weighted by Gasteiger charge is -2.26. The van der Waals surface area contributed by atoms with Gasteiger partial charge >= 0.3 is 0 Å². The third-order valence-electron chi connectivity index (χ3n) is 8.49. The highest BCUT2D eigenvalue weighted by atomic mass is 16.3. The van der Waals surface area contributed by atoms with E-state index in [1.54, 1.807) is 0 Å². The van der Waals surface area contributed by atoms with E-state index in [1.807, 2.05) is 116 Å². The van der Waals surface area contributed by atoms with E-state index >= 15 is 0 Å². The molecule has 0 spiro atoms. The van der Waals surface area contributed by atoms with Crippen molar-refractivity contribution in [2.75, 3.05) is 0 Å². The van der Waals surface area contributed by atoms with E-state index in [1.165, 1.54) is 0 Å². The SMILES string of the molecule is CC1=C(/C=C/C(C)=C/C=C/C(C)=C/C=C/C=C(C)/C=C/C=C(C)/C=C/C2=C(C)C(O)C(O)C2(C)C)C(C)(C)C(O)C1O. The molecular formula is C38H52O4. The maximum absolute atomic E-state index is 10.3. The second-order valence-electron chi connectivity index (χ2n) is 12.8. The number of allylic oxidation sites excluding steroid dienone is 18. The molecule has 4 atom stereocenters. The molecular weight excluding hydrogens is 520 g/mol. The molecule has 4 N–H and O–H groups in total. The zero-order valence-corrected chi connectivity index (χ0v) is 27.2. The highest BCUT2D eigenvalue weighted by Gasteiger charge is 2.44. The fourth-order valence-corrected chi connectivity index (χ4v) is 5.38. The first-order valence-corrected chi connectivity index (χ1v) is 14.7. The van der Waals surface area contributed by atoms with E-state index in [0.717, 1.165) is 44.6 Å². The summed E-state index contributed by atoms with van der Waals surface area (Å²) in [5.41, 5.74) is 7.11. The smallest absolute Gasteiger partial charge is 0.102 e. The average Bonchev–Trinajstić information content (AvgIpc) is 3.16. The number of hydrogen-bond donors (Lipinski definition) is 4. The molecule has 4 nitrogen and oxygen atoms in total. The predicted molar refractivity (Wildman–Crippen MR) is 178 cm³/mol. The fraction of sp³-hybridized carbons (Fsp3) is 0.421. The molecule has 0 aromatic heterocycles. The Kier molecular flexibility index (Phi) is 12.5. The van der Waals surface area contributed by atoms with Crippen molar-refractivity contribution in [3.05, 3.63) is 130 Å². The number of rotatable bonds is 10. The molecule has 0 saturated heterocycles. The van der Waals surface area contributed by atoms with Crippen LogP contribution in [0.5, 0.6) is 0 Å². The van der Waals surface area contributed by atoms with Gasteiger partial charge in [-0.05, 0) is 63.8 Å². The highest BCUT2D eigenvalue weighted by molar-refractivity contribution is 5.44. The summed E-state index contributed by atoms with van der Waals surface area (Å²) in [5.74, 6) is 0. The Labute approximate surface area is 254 Å². The van der Waals surface area contributed by atoms with Crippen molar-refractivity contribution in [2.24, 2.45) is 10.8 Å². The molecule has 4 heteroatoms. The van der Waals surface area contributed by atoms with Gasteiger partial charge in [0.1, 0.15) is 12.2 Å². The van der Waals surface area contributed by atoms with Crippen LogP contribution < -0.4 is 0 Å². The van der Waals surface area contributed by atoms with Crippen molar-refractivity contribution in [3.8, 4) is 0 Å². The predicted octanol–water partition coefficient (Wildman–Crippen LogP) is 7.71.